The number of aliphatic hydroxyl groups excluding tert-OH is 4. The Morgan fingerprint density at radius 2 is 2.04 bits per heavy atom. The molecule has 1 fully saturated rings. The first-order valence-corrected chi connectivity index (χ1v) is 8.34. The molecule has 23 heavy (non-hydrogen) atoms. The maximum Gasteiger partial charge on any atom is 0.165 e. The molecule has 0 aliphatic carbocycles. The van der Waals surface area contributed by atoms with Crippen molar-refractivity contribution in [2.24, 2.45) is 0 Å². The van der Waals surface area contributed by atoms with E-state index >= 15 is 0 Å². The summed E-state index contributed by atoms with van der Waals surface area (Å²) < 4.78 is 7.00. The molecule has 3 rings (SSSR count). The molecular formula is C13H18N4O5S. The van der Waals surface area contributed by atoms with Crippen molar-refractivity contribution >= 4 is 22.9 Å². The van der Waals surface area contributed by atoms with Crippen molar-refractivity contribution in [2.75, 3.05) is 19.5 Å². The lowest BCUT2D eigenvalue weighted by Crippen LogP contribution is -2.33. The van der Waals surface area contributed by atoms with Crippen LogP contribution in [0, 0.1) is 0 Å². The third-order valence-electron chi connectivity index (χ3n) is 3.93. The van der Waals surface area contributed by atoms with E-state index in [1.807, 2.05) is 6.26 Å². The molecule has 0 saturated carbocycles. The van der Waals surface area contributed by atoms with E-state index in [9.17, 15) is 20.4 Å². The molecule has 9 nitrogen and oxygen atoms in total. The topological polar surface area (TPSA) is 134 Å². The predicted molar refractivity (Wildman–Crippen MR) is 81.7 cm³/mol. The smallest absolute Gasteiger partial charge is 0.165 e. The van der Waals surface area contributed by atoms with Gasteiger partial charge in [0.05, 0.1) is 30.5 Å². The minimum Gasteiger partial charge on any atom is -0.395 e. The second-order valence-electron chi connectivity index (χ2n) is 5.22. The van der Waals surface area contributed by atoms with Gasteiger partial charge >= 0.3 is 0 Å². The molecule has 1 unspecified atom stereocenters. The number of imidazole rings is 1. The van der Waals surface area contributed by atoms with E-state index in [-0.39, 0.29) is 11.9 Å². The molecular weight excluding hydrogens is 324 g/mol. The highest BCUT2D eigenvalue weighted by atomic mass is 32.2. The second-order valence-corrected chi connectivity index (χ2v) is 6.26. The quantitative estimate of drug-likeness (QED) is 0.530. The number of hydrogen-bond donors (Lipinski definition) is 4. The van der Waals surface area contributed by atoms with Crippen molar-refractivity contribution in [3.63, 3.8) is 0 Å². The van der Waals surface area contributed by atoms with E-state index in [1.54, 1.807) is 0 Å². The largest absolute Gasteiger partial charge is 0.395 e. The van der Waals surface area contributed by atoms with Gasteiger partial charge in [-0.25, -0.2) is 15.0 Å². The lowest BCUT2D eigenvalue weighted by molar-refractivity contribution is -0.0511. The molecule has 1 saturated heterocycles. The van der Waals surface area contributed by atoms with Crippen molar-refractivity contribution in [1.82, 2.24) is 19.5 Å². The number of aromatic nitrogens is 4. The van der Waals surface area contributed by atoms with Crippen LogP contribution in [-0.2, 0) is 4.74 Å². The molecule has 0 amide bonds. The van der Waals surface area contributed by atoms with Crippen molar-refractivity contribution < 1.29 is 25.2 Å². The van der Waals surface area contributed by atoms with Crippen LogP contribution in [0.3, 0.4) is 0 Å². The lowest BCUT2D eigenvalue weighted by atomic mass is 10.1. The summed E-state index contributed by atoms with van der Waals surface area (Å²) in [6.45, 7) is -0.491. The summed E-state index contributed by atoms with van der Waals surface area (Å²) in [5.74, 6) is 0. The van der Waals surface area contributed by atoms with Crippen LogP contribution in [0.5, 0.6) is 0 Å². The summed E-state index contributed by atoms with van der Waals surface area (Å²) in [7, 11) is 0. The van der Waals surface area contributed by atoms with E-state index in [1.165, 1.54) is 29.0 Å². The molecule has 0 spiro atoms. The van der Waals surface area contributed by atoms with Crippen LogP contribution in [0.1, 0.15) is 17.2 Å². The zero-order valence-corrected chi connectivity index (χ0v) is 13.2. The highest BCUT2D eigenvalue weighted by molar-refractivity contribution is 7.98. The molecule has 126 valence electrons. The minimum atomic E-state index is -1.21. The van der Waals surface area contributed by atoms with E-state index in [4.69, 9.17) is 4.74 Å². The molecule has 1 aliphatic heterocycles. The molecule has 10 heteroatoms. The number of hydrogen-bond acceptors (Lipinski definition) is 9. The number of nitrogens with zero attached hydrogens (tertiary/aromatic N) is 4. The Labute approximate surface area is 136 Å². The SMILES string of the molecule is CSC(CO)c1ncnc2c1ncn2[C@@H]1O[C@H](CO)[C@@H](O)[C@H]1O. The van der Waals surface area contributed by atoms with E-state index in [0.29, 0.717) is 16.9 Å². The summed E-state index contributed by atoms with van der Waals surface area (Å²) in [5, 5.41) is 38.4. The zero-order chi connectivity index (χ0) is 16.6. The molecule has 0 radical (unpaired) electrons. The first-order valence-electron chi connectivity index (χ1n) is 7.05. The summed E-state index contributed by atoms with van der Waals surface area (Å²) in [6, 6.07) is 0. The van der Waals surface area contributed by atoms with Crippen LogP contribution < -0.4 is 0 Å². The standard InChI is InChI=1S/C13H18N4O5S/c1-23-7(3-19)8-9-12(15-4-14-8)17(5-16-9)13-11(21)10(20)6(2-18)22-13/h4-7,10-11,13,18-21H,2-3H2,1H3/t6-,7?,10-,11-,13-/m1/s1. The Kier molecular flexibility index (Phi) is 4.80. The van der Waals surface area contributed by atoms with Crippen LogP contribution in [-0.4, -0.2) is 77.7 Å². The first-order chi connectivity index (χ1) is 11.1. The fraction of sp³-hybridized carbons (Fsp3) is 0.615. The molecule has 5 atom stereocenters. The van der Waals surface area contributed by atoms with Crippen LogP contribution in [0.15, 0.2) is 12.7 Å². The van der Waals surface area contributed by atoms with Crippen LogP contribution >= 0.6 is 11.8 Å². The maximum absolute atomic E-state index is 10.1. The first kappa shape index (κ1) is 16.6. The van der Waals surface area contributed by atoms with Gasteiger partial charge in [-0.1, -0.05) is 0 Å². The van der Waals surface area contributed by atoms with Crippen LogP contribution in [0.4, 0.5) is 0 Å². The average molecular weight is 342 g/mol. The van der Waals surface area contributed by atoms with Gasteiger partial charge in [0.1, 0.15) is 30.2 Å². The van der Waals surface area contributed by atoms with Gasteiger partial charge in [-0.15, -0.1) is 0 Å². The van der Waals surface area contributed by atoms with Crippen LogP contribution in [0.2, 0.25) is 0 Å². The Morgan fingerprint density at radius 1 is 1.26 bits per heavy atom. The van der Waals surface area contributed by atoms with E-state index < -0.39 is 31.1 Å². The fourth-order valence-electron chi connectivity index (χ4n) is 2.67. The van der Waals surface area contributed by atoms with E-state index in [2.05, 4.69) is 15.0 Å². The number of rotatable bonds is 5. The molecule has 0 bridgehead atoms. The Bertz CT molecular complexity index is 679. The number of fused-ring (bicyclic) bond motifs is 1. The van der Waals surface area contributed by atoms with Crippen molar-refractivity contribution in [2.45, 2.75) is 29.8 Å². The Morgan fingerprint density at radius 3 is 2.65 bits per heavy atom. The maximum atomic E-state index is 10.1. The van der Waals surface area contributed by atoms with Crippen molar-refractivity contribution in [1.29, 1.82) is 0 Å². The van der Waals surface area contributed by atoms with E-state index in [0.717, 1.165) is 0 Å². The summed E-state index contributed by atoms with van der Waals surface area (Å²) in [5.41, 5.74) is 1.52. The van der Waals surface area contributed by atoms with Gasteiger partial charge in [-0.3, -0.25) is 4.57 Å². The Balaban J connectivity index is 2.02. The normalized spacial score (nSPS) is 29.3. The molecule has 3 heterocycles. The number of thioether (sulfide) groups is 1. The van der Waals surface area contributed by atoms with Gasteiger partial charge < -0.3 is 25.2 Å². The third kappa shape index (κ3) is 2.71. The zero-order valence-electron chi connectivity index (χ0n) is 12.3. The van der Waals surface area contributed by atoms with Gasteiger partial charge in [0.15, 0.2) is 11.9 Å². The summed E-state index contributed by atoms with van der Waals surface area (Å²) in [6.07, 6.45) is 0.477. The molecule has 1 aliphatic rings. The van der Waals surface area contributed by atoms with Crippen molar-refractivity contribution in [3.8, 4) is 0 Å². The highest BCUT2D eigenvalue weighted by Gasteiger charge is 2.44. The lowest BCUT2D eigenvalue weighted by Gasteiger charge is -2.17. The third-order valence-corrected chi connectivity index (χ3v) is 4.88. The average Bonchev–Trinajstić information content (AvgIpc) is 3.11. The summed E-state index contributed by atoms with van der Waals surface area (Å²) in [4.78, 5) is 12.6. The number of ether oxygens (including phenoxy) is 1. The van der Waals surface area contributed by atoms with Gasteiger partial charge in [0.25, 0.3) is 0 Å². The summed E-state index contributed by atoms with van der Waals surface area (Å²) >= 11 is 1.44. The Hall–Kier alpha value is -1.30. The predicted octanol–water partition coefficient (Wildman–Crippen LogP) is -1.17. The monoisotopic (exact) mass is 342 g/mol. The molecule has 2 aromatic heterocycles. The van der Waals surface area contributed by atoms with Gasteiger partial charge in [0, 0.05) is 0 Å². The van der Waals surface area contributed by atoms with Gasteiger partial charge in [0.2, 0.25) is 0 Å². The molecule has 4 N–H and O–H groups in total. The molecule has 2 aromatic rings. The highest BCUT2D eigenvalue weighted by Crippen LogP contribution is 2.33. The number of aliphatic hydroxyl groups is 4. The fourth-order valence-corrected chi connectivity index (χ4v) is 3.22. The molecule has 0 aromatic carbocycles. The second kappa shape index (κ2) is 6.67. The van der Waals surface area contributed by atoms with Crippen molar-refractivity contribution in [3.05, 3.63) is 18.3 Å². The minimum absolute atomic E-state index is 0.0893. The van der Waals surface area contributed by atoms with Gasteiger partial charge in [-0.2, -0.15) is 11.8 Å². The van der Waals surface area contributed by atoms with Gasteiger partial charge in [-0.05, 0) is 6.26 Å². The van der Waals surface area contributed by atoms with Crippen LogP contribution in [0.25, 0.3) is 11.2 Å².